The monoisotopic (exact) mass is 450 g/mol. The van der Waals surface area contributed by atoms with Crippen molar-refractivity contribution in [3.05, 3.63) is 83.7 Å². The molecule has 1 aliphatic rings. The van der Waals surface area contributed by atoms with Crippen LogP contribution in [0.25, 0.3) is 0 Å². The van der Waals surface area contributed by atoms with Crippen LogP contribution in [0.4, 0.5) is 25.8 Å². The molecule has 2 heterocycles. The van der Waals surface area contributed by atoms with Crippen LogP contribution in [0.15, 0.2) is 60.8 Å². The summed E-state index contributed by atoms with van der Waals surface area (Å²) in [6.45, 7) is 1.72. The number of anilines is 3. The number of hydrogen-bond donors (Lipinski definition) is 2. The van der Waals surface area contributed by atoms with Gasteiger partial charge in [-0.05, 0) is 55.0 Å². The molecular weight excluding hydrogens is 430 g/mol. The molecule has 1 fully saturated rings. The third-order valence-corrected chi connectivity index (χ3v) is 5.28. The van der Waals surface area contributed by atoms with Gasteiger partial charge in [0, 0.05) is 19.2 Å². The van der Waals surface area contributed by atoms with Gasteiger partial charge in [0.05, 0.1) is 23.0 Å². The molecule has 33 heavy (non-hydrogen) atoms. The number of pyridine rings is 1. The highest BCUT2D eigenvalue weighted by atomic mass is 19.1. The predicted octanol–water partition coefficient (Wildman–Crippen LogP) is 3.91. The molecule has 2 aromatic carbocycles. The highest BCUT2D eigenvalue weighted by Gasteiger charge is 2.36. The van der Waals surface area contributed by atoms with E-state index >= 15 is 0 Å². The Morgan fingerprint density at radius 3 is 2.58 bits per heavy atom. The van der Waals surface area contributed by atoms with Crippen LogP contribution in [-0.2, 0) is 9.59 Å². The van der Waals surface area contributed by atoms with Crippen LogP contribution in [0.2, 0.25) is 0 Å². The summed E-state index contributed by atoms with van der Waals surface area (Å²) in [5, 5.41) is 5.18. The lowest BCUT2D eigenvalue weighted by atomic mass is 10.1. The van der Waals surface area contributed by atoms with Crippen molar-refractivity contribution in [1.82, 2.24) is 4.98 Å². The van der Waals surface area contributed by atoms with Crippen LogP contribution >= 0.6 is 0 Å². The number of halogens is 2. The average molecular weight is 450 g/mol. The number of aryl methyl sites for hydroxylation is 1. The van der Waals surface area contributed by atoms with Gasteiger partial charge in [-0.3, -0.25) is 19.4 Å². The molecule has 0 radical (unpaired) electrons. The zero-order valence-corrected chi connectivity index (χ0v) is 17.6. The van der Waals surface area contributed by atoms with Gasteiger partial charge in [-0.25, -0.2) is 8.78 Å². The Hall–Kier alpha value is -4.14. The topological polar surface area (TPSA) is 91.4 Å². The molecule has 1 saturated heterocycles. The maximum atomic E-state index is 14.3. The van der Waals surface area contributed by atoms with Crippen LogP contribution in [0.5, 0.6) is 0 Å². The molecule has 0 saturated carbocycles. The zero-order chi connectivity index (χ0) is 23.5. The van der Waals surface area contributed by atoms with Crippen LogP contribution in [0.3, 0.4) is 0 Å². The Kier molecular flexibility index (Phi) is 6.12. The van der Waals surface area contributed by atoms with E-state index in [4.69, 9.17) is 0 Å². The summed E-state index contributed by atoms with van der Waals surface area (Å²) in [6, 6.07) is 12.9. The Balaban J connectivity index is 1.50. The molecule has 168 valence electrons. The van der Waals surface area contributed by atoms with Gasteiger partial charge < -0.3 is 15.5 Å². The first-order valence-electron chi connectivity index (χ1n) is 10.2. The normalized spacial score (nSPS) is 15.4. The summed E-state index contributed by atoms with van der Waals surface area (Å²) in [5.41, 5.74) is 1.18. The van der Waals surface area contributed by atoms with Gasteiger partial charge in [0.15, 0.2) is 0 Å². The minimum atomic E-state index is -0.777. The van der Waals surface area contributed by atoms with E-state index in [0.29, 0.717) is 5.56 Å². The molecule has 4 rings (SSSR count). The second kappa shape index (κ2) is 9.15. The van der Waals surface area contributed by atoms with Crippen molar-refractivity contribution in [3.63, 3.8) is 0 Å². The molecule has 0 bridgehead atoms. The fourth-order valence-electron chi connectivity index (χ4n) is 3.59. The number of carbonyl (C=O) groups is 3. The molecular formula is C24H20F2N4O3. The SMILES string of the molecule is Cc1ccc(N2CC(C(=O)Nc3cc(F)ccc3NC(=O)c3ccccn3)CC2=O)c(F)c1. The number of benzene rings is 2. The maximum Gasteiger partial charge on any atom is 0.274 e. The van der Waals surface area contributed by atoms with Gasteiger partial charge in [-0.2, -0.15) is 0 Å². The molecule has 0 aliphatic carbocycles. The van der Waals surface area contributed by atoms with Crippen LogP contribution in [0.1, 0.15) is 22.5 Å². The number of aromatic nitrogens is 1. The van der Waals surface area contributed by atoms with Crippen molar-refractivity contribution in [1.29, 1.82) is 0 Å². The number of nitrogens with one attached hydrogen (secondary N) is 2. The standard InChI is InChI=1S/C24H20F2N4O3/c1-14-5-8-21(17(26)10-14)30-13-15(11-22(30)31)23(32)29-20-12-16(25)6-7-18(20)28-24(33)19-4-2-3-9-27-19/h2-10,12,15H,11,13H2,1H3,(H,28,33)(H,29,32). The van der Waals surface area contributed by atoms with E-state index in [-0.39, 0.29) is 41.6 Å². The Labute approximate surface area is 188 Å². The van der Waals surface area contributed by atoms with Gasteiger partial charge in [0.25, 0.3) is 5.91 Å². The predicted molar refractivity (Wildman–Crippen MR) is 119 cm³/mol. The van der Waals surface area contributed by atoms with Crippen molar-refractivity contribution >= 4 is 34.8 Å². The van der Waals surface area contributed by atoms with Gasteiger partial charge in [-0.15, -0.1) is 0 Å². The Morgan fingerprint density at radius 2 is 1.85 bits per heavy atom. The van der Waals surface area contributed by atoms with E-state index in [2.05, 4.69) is 15.6 Å². The lowest BCUT2D eigenvalue weighted by Gasteiger charge is -2.18. The van der Waals surface area contributed by atoms with Gasteiger partial charge in [0.1, 0.15) is 17.3 Å². The van der Waals surface area contributed by atoms with E-state index < -0.39 is 29.4 Å². The van der Waals surface area contributed by atoms with E-state index in [1.807, 2.05) is 0 Å². The molecule has 0 spiro atoms. The Bertz CT molecular complexity index is 1230. The molecule has 1 unspecified atom stereocenters. The number of nitrogens with zero attached hydrogens (tertiary/aromatic N) is 2. The van der Waals surface area contributed by atoms with Gasteiger partial charge in [-0.1, -0.05) is 12.1 Å². The summed E-state index contributed by atoms with van der Waals surface area (Å²) >= 11 is 0. The smallest absolute Gasteiger partial charge is 0.274 e. The summed E-state index contributed by atoms with van der Waals surface area (Å²) < 4.78 is 28.2. The summed E-state index contributed by atoms with van der Waals surface area (Å²) in [4.78, 5) is 42.9. The number of carbonyl (C=O) groups excluding carboxylic acids is 3. The molecule has 2 N–H and O–H groups in total. The third kappa shape index (κ3) is 4.87. The fraction of sp³-hybridized carbons (Fsp3) is 0.167. The summed E-state index contributed by atoms with van der Waals surface area (Å²) in [6.07, 6.45) is 1.34. The van der Waals surface area contributed by atoms with E-state index in [9.17, 15) is 23.2 Å². The molecule has 7 nitrogen and oxygen atoms in total. The van der Waals surface area contributed by atoms with Crippen molar-refractivity contribution in [3.8, 4) is 0 Å². The van der Waals surface area contributed by atoms with E-state index in [0.717, 1.165) is 12.1 Å². The third-order valence-electron chi connectivity index (χ3n) is 5.28. The lowest BCUT2D eigenvalue weighted by molar-refractivity contribution is -0.122. The second-order valence-corrected chi connectivity index (χ2v) is 7.71. The molecule has 1 aliphatic heterocycles. The minimum absolute atomic E-state index is 0.0183. The average Bonchev–Trinajstić information content (AvgIpc) is 3.17. The highest BCUT2D eigenvalue weighted by Crippen LogP contribution is 2.30. The minimum Gasteiger partial charge on any atom is -0.324 e. The number of hydrogen-bond acceptors (Lipinski definition) is 4. The van der Waals surface area contributed by atoms with Gasteiger partial charge in [0.2, 0.25) is 11.8 Å². The van der Waals surface area contributed by atoms with Gasteiger partial charge >= 0.3 is 0 Å². The van der Waals surface area contributed by atoms with Crippen LogP contribution < -0.4 is 15.5 Å². The first kappa shape index (κ1) is 22.1. The van der Waals surface area contributed by atoms with Crippen molar-refractivity contribution in [2.45, 2.75) is 13.3 Å². The highest BCUT2D eigenvalue weighted by molar-refractivity contribution is 6.08. The molecule has 3 amide bonds. The maximum absolute atomic E-state index is 14.3. The van der Waals surface area contributed by atoms with E-state index in [1.54, 1.807) is 25.1 Å². The summed E-state index contributed by atoms with van der Waals surface area (Å²) in [5.74, 6) is -3.41. The second-order valence-electron chi connectivity index (χ2n) is 7.71. The Morgan fingerprint density at radius 1 is 1.03 bits per heavy atom. The summed E-state index contributed by atoms with van der Waals surface area (Å²) in [7, 11) is 0. The quantitative estimate of drug-likeness (QED) is 0.617. The molecule has 1 aromatic heterocycles. The van der Waals surface area contributed by atoms with Crippen LogP contribution in [0, 0.1) is 24.5 Å². The first-order chi connectivity index (χ1) is 15.8. The molecule has 3 aromatic rings. The largest absolute Gasteiger partial charge is 0.324 e. The van der Waals surface area contributed by atoms with Crippen molar-refractivity contribution in [2.24, 2.45) is 5.92 Å². The number of amides is 3. The molecule has 9 heteroatoms. The van der Waals surface area contributed by atoms with Crippen LogP contribution in [-0.4, -0.2) is 29.3 Å². The molecule has 1 atom stereocenters. The fourth-order valence-corrected chi connectivity index (χ4v) is 3.59. The zero-order valence-electron chi connectivity index (χ0n) is 17.6. The lowest BCUT2D eigenvalue weighted by Crippen LogP contribution is -2.29. The number of rotatable bonds is 5. The first-order valence-corrected chi connectivity index (χ1v) is 10.2. The van der Waals surface area contributed by atoms with Crippen molar-refractivity contribution in [2.75, 3.05) is 22.1 Å². The van der Waals surface area contributed by atoms with Crippen molar-refractivity contribution < 1.29 is 23.2 Å². The van der Waals surface area contributed by atoms with E-state index in [1.165, 1.54) is 35.4 Å².